The highest BCUT2D eigenvalue weighted by atomic mass is 16.5. The average Bonchev–Trinajstić information content (AvgIpc) is 2.25. The summed E-state index contributed by atoms with van der Waals surface area (Å²) in [5, 5.41) is 11.6. The highest BCUT2D eigenvalue weighted by Gasteiger charge is 2.21. The molecule has 16 heavy (non-hydrogen) atoms. The van der Waals surface area contributed by atoms with Crippen LogP contribution in [0.15, 0.2) is 0 Å². The Morgan fingerprint density at radius 2 is 2.19 bits per heavy atom. The minimum atomic E-state index is -0.575. The lowest BCUT2D eigenvalue weighted by Gasteiger charge is -2.25. The van der Waals surface area contributed by atoms with Crippen LogP contribution in [0.3, 0.4) is 0 Å². The van der Waals surface area contributed by atoms with E-state index in [1.165, 1.54) is 7.11 Å². The molecule has 1 amide bonds. The standard InChI is InChI=1S/C11H24N2O3/c1-11(2,5-4-6-14)8-13-10(15)9(7-12)16-3/h9,14H,4-8,12H2,1-3H3,(H,13,15). The van der Waals surface area contributed by atoms with Crippen molar-refractivity contribution in [3.63, 3.8) is 0 Å². The zero-order chi connectivity index (χ0) is 12.6. The first kappa shape index (κ1) is 15.3. The first-order valence-electron chi connectivity index (χ1n) is 5.58. The molecule has 0 aliphatic heterocycles. The molecule has 0 aromatic carbocycles. The summed E-state index contributed by atoms with van der Waals surface area (Å²) in [5.74, 6) is -0.179. The Balaban J connectivity index is 3.97. The average molecular weight is 232 g/mol. The number of aliphatic hydroxyl groups is 1. The molecular weight excluding hydrogens is 208 g/mol. The van der Waals surface area contributed by atoms with Crippen molar-refractivity contribution in [2.45, 2.75) is 32.8 Å². The third kappa shape index (κ3) is 6.05. The van der Waals surface area contributed by atoms with Crippen LogP contribution in [0.5, 0.6) is 0 Å². The fourth-order valence-electron chi connectivity index (χ4n) is 1.40. The van der Waals surface area contributed by atoms with Gasteiger partial charge < -0.3 is 20.9 Å². The predicted octanol–water partition coefficient (Wildman–Crippen LogP) is -0.125. The van der Waals surface area contributed by atoms with Crippen LogP contribution in [0.1, 0.15) is 26.7 Å². The molecule has 1 unspecified atom stereocenters. The molecular formula is C11H24N2O3. The number of methoxy groups -OCH3 is 1. The number of carbonyl (C=O) groups is 1. The summed E-state index contributed by atoms with van der Waals surface area (Å²) in [7, 11) is 1.47. The molecule has 96 valence electrons. The monoisotopic (exact) mass is 232 g/mol. The maximum absolute atomic E-state index is 11.6. The Labute approximate surface area is 97.3 Å². The van der Waals surface area contributed by atoms with Gasteiger partial charge in [-0.1, -0.05) is 13.8 Å². The topological polar surface area (TPSA) is 84.6 Å². The van der Waals surface area contributed by atoms with Crippen LogP contribution in [0.25, 0.3) is 0 Å². The predicted molar refractivity (Wildman–Crippen MR) is 63.0 cm³/mol. The summed E-state index contributed by atoms with van der Waals surface area (Å²) >= 11 is 0. The Hall–Kier alpha value is -0.650. The number of carbonyl (C=O) groups excluding carboxylic acids is 1. The van der Waals surface area contributed by atoms with Gasteiger partial charge in [0.15, 0.2) is 0 Å². The summed E-state index contributed by atoms with van der Waals surface area (Å²) in [5.41, 5.74) is 5.36. The second-order valence-corrected chi connectivity index (χ2v) is 4.67. The highest BCUT2D eigenvalue weighted by Crippen LogP contribution is 2.20. The van der Waals surface area contributed by atoms with Crippen LogP contribution in [-0.2, 0) is 9.53 Å². The molecule has 0 saturated heterocycles. The lowest BCUT2D eigenvalue weighted by atomic mass is 9.88. The minimum Gasteiger partial charge on any atom is -0.396 e. The first-order chi connectivity index (χ1) is 7.46. The molecule has 5 heteroatoms. The van der Waals surface area contributed by atoms with Crippen molar-refractivity contribution in [1.29, 1.82) is 0 Å². The molecule has 0 aromatic heterocycles. The van der Waals surface area contributed by atoms with Gasteiger partial charge in [-0.3, -0.25) is 4.79 Å². The molecule has 0 aliphatic rings. The van der Waals surface area contributed by atoms with Crippen molar-refractivity contribution >= 4 is 5.91 Å². The fraction of sp³-hybridized carbons (Fsp3) is 0.909. The van der Waals surface area contributed by atoms with E-state index in [2.05, 4.69) is 5.32 Å². The lowest BCUT2D eigenvalue weighted by molar-refractivity contribution is -0.130. The summed E-state index contributed by atoms with van der Waals surface area (Å²) < 4.78 is 4.93. The van der Waals surface area contributed by atoms with E-state index in [1.54, 1.807) is 0 Å². The van der Waals surface area contributed by atoms with Crippen LogP contribution in [0.4, 0.5) is 0 Å². The number of aliphatic hydroxyl groups excluding tert-OH is 1. The summed E-state index contributed by atoms with van der Waals surface area (Å²) in [4.78, 5) is 11.6. The Morgan fingerprint density at radius 1 is 1.56 bits per heavy atom. The quantitative estimate of drug-likeness (QED) is 0.544. The van der Waals surface area contributed by atoms with Gasteiger partial charge in [-0.05, 0) is 18.3 Å². The van der Waals surface area contributed by atoms with Crippen LogP contribution in [0, 0.1) is 5.41 Å². The molecule has 5 nitrogen and oxygen atoms in total. The lowest BCUT2D eigenvalue weighted by Crippen LogP contribution is -2.44. The van der Waals surface area contributed by atoms with E-state index in [1.807, 2.05) is 13.8 Å². The molecule has 0 fully saturated rings. The molecule has 0 saturated carbocycles. The Bertz CT molecular complexity index is 203. The van der Waals surface area contributed by atoms with Crippen molar-refractivity contribution in [2.24, 2.45) is 11.1 Å². The van der Waals surface area contributed by atoms with E-state index in [-0.39, 0.29) is 24.5 Å². The first-order valence-corrected chi connectivity index (χ1v) is 5.58. The number of nitrogens with two attached hydrogens (primary N) is 1. The number of amides is 1. The number of rotatable bonds is 8. The molecule has 0 aliphatic carbocycles. The fourth-order valence-corrected chi connectivity index (χ4v) is 1.40. The summed E-state index contributed by atoms with van der Waals surface area (Å²) in [6.07, 6.45) is 1.03. The molecule has 0 radical (unpaired) electrons. The van der Waals surface area contributed by atoms with Gasteiger partial charge in [-0.2, -0.15) is 0 Å². The van der Waals surface area contributed by atoms with Gasteiger partial charge in [0.25, 0.3) is 0 Å². The maximum atomic E-state index is 11.6. The van der Waals surface area contributed by atoms with E-state index in [4.69, 9.17) is 15.6 Å². The number of ether oxygens (including phenoxy) is 1. The van der Waals surface area contributed by atoms with Crippen molar-refractivity contribution < 1.29 is 14.6 Å². The molecule has 4 N–H and O–H groups in total. The van der Waals surface area contributed by atoms with Gasteiger partial charge in [0.05, 0.1) is 0 Å². The van der Waals surface area contributed by atoms with Crippen molar-refractivity contribution in [1.82, 2.24) is 5.32 Å². The summed E-state index contributed by atoms with van der Waals surface area (Å²) in [6.45, 7) is 5.02. The number of nitrogens with one attached hydrogen (secondary N) is 1. The normalized spacial score (nSPS) is 13.6. The molecule has 0 heterocycles. The zero-order valence-electron chi connectivity index (χ0n) is 10.5. The summed E-state index contributed by atoms with van der Waals surface area (Å²) in [6, 6.07) is 0. The second-order valence-electron chi connectivity index (χ2n) is 4.67. The zero-order valence-corrected chi connectivity index (χ0v) is 10.5. The molecule has 0 rings (SSSR count). The number of hydrogen-bond acceptors (Lipinski definition) is 4. The minimum absolute atomic E-state index is 0.0225. The molecule has 0 spiro atoms. The van der Waals surface area contributed by atoms with Gasteiger partial charge in [-0.25, -0.2) is 0 Å². The third-order valence-electron chi connectivity index (χ3n) is 2.54. The van der Waals surface area contributed by atoms with E-state index in [9.17, 15) is 4.79 Å². The molecule has 0 bridgehead atoms. The largest absolute Gasteiger partial charge is 0.396 e. The second kappa shape index (κ2) is 7.60. The SMILES string of the molecule is COC(CN)C(=O)NCC(C)(C)CCCO. The smallest absolute Gasteiger partial charge is 0.250 e. The van der Waals surface area contributed by atoms with Crippen molar-refractivity contribution in [2.75, 3.05) is 26.8 Å². The van der Waals surface area contributed by atoms with Gasteiger partial charge in [0.1, 0.15) is 6.10 Å². The van der Waals surface area contributed by atoms with Crippen LogP contribution in [0.2, 0.25) is 0 Å². The molecule has 0 aromatic rings. The van der Waals surface area contributed by atoms with Crippen molar-refractivity contribution in [3.8, 4) is 0 Å². The van der Waals surface area contributed by atoms with Gasteiger partial charge >= 0.3 is 0 Å². The number of hydrogen-bond donors (Lipinski definition) is 3. The van der Waals surface area contributed by atoms with E-state index in [0.717, 1.165) is 12.8 Å². The van der Waals surface area contributed by atoms with Crippen LogP contribution < -0.4 is 11.1 Å². The third-order valence-corrected chi connectivity index (χ3v) is 2.54. The van der Waals surface area contributed by atoms with Gasteiger partial charge in [0, 0.05) is 26.8 Å². The van der Waals surface area contributed by atoms with Crippen LogP contribution in [-0.4, -0.2) is 43.9 Å². The van der Waals surface area contributed by atoms with E-state index in [0.29, 0.717) is 6.54 Å². The Kier molecular flexibility index (Phi) is 7.29. The Morgan fingerprint density at radius 3 is 2.62 bits per heavy atom. The highest BCUT2D eigenvalue weighted by molar-refractivity contribution is 5.81. The van der Waals surface area contributed by atoms with Gasteiger partial charge in [-0.15, -0.1) is 0 Å². The van der Waals surface area contributed by atoms with Crippen LogP contribution >= 0.6 is 0 Å². The van der Waals surface area contributed by atoms with E-state index < -0.39 is 6.10 Å². The molecule has 1 atom stereocenters. The maximum Gasteiger partial charge on any atom is 0.250 e. The van der Waals surface area contributed by atoms with Crippen molar-refractivity contribution in [3.05, 3.63) is 0 Å². The van der Waals surface area contributed by atoms with Gasteiger partial charge in [0.2, 0.25) is 5.91 Å². The van der Waals surface area contributed by atoms with E-state index >= 15 is 0 Å².